The van der Waals surface area contributed by atoms with Crippen molar-refractivity contribution < 1.29 is 21.2 Å². The molecule has 0 aromatic heterocycles. The summed E-state index contributed by atoms with van der Waals surface area (Å²) in [5.41, 5.74) is 23.6. The van der Waals surface area contributed by atoms with Gasteiger partial charge in [0.1, 0.15) is 0 Å². The molecule has 0 amide bonds. The molecule has 324 valence electrons. The monoisotopic (exact) mass is 863 g/mol. The zero-order valence-corrected chi connectivity index (χ0v) is 40.2. The van der Waals surface area contributed by atoms with Gasteiger partial charge in [-0.15, -0.1) is 36.1 Å². The van der Waals surface area contributed by atoms with E-state index in [2.05, 4.69) is 115 Å². The topological polar surface area (TPSA) is 25.3 Å². The molecule has 1 heterocycles. The van der Waals surface area contributed by atoms with Gasteiger partial charge >= 0.3 is 16.5 Å². The number of aryl methyl sites for hydroxylation is 1. The molecule has 5 rings (SSSR count). The van der Waals surface area contributed by atoms with Crippen LogP contribution in [0.15, 0.2) is 120 Å². The standard InChI is InChI=1S/C42H62N2Si.2C7H7.Ni/c1-7-10-12-13-14-15-16-17-18-19-20-21-22-23-26-36-27-24-25-29-39(36)42-40(28-11-8-2)38(9-3)41(44(42)43)37-32-30-35(31-33-37)34-45(4,5)6;2*1-7-5-3-2-4-6-7;/h24-25,27,29-33H,7-19,22-23,26,28,34H2,1-6H3;2*2-6H,1H2;/q;2*-1;+2. The van der Waals surface area contributed by atoms with Gasteiger partial charge in [0.15, 0.2) is 0 Å². The summed E-state index contributed by atoms with van der Waals surface area (Å²) in [5.74, 6) is 6.89. The van der Waals surface area contributed by atoms with Crippen molar-refractivity contribution >= 4 is 19.5 Å². The van der Waals surface area contributed by atoms with E-state index in [4.69, 9.17) is 0 Å². The predicted molar refractivity (Wildman–Crippen MR) is 262 cm³/mol. The van der Waals surface area contributed by atoms with Gasteiger partial charge < -0.3 is 5.53 Å². The largest absolute Gasteiger partial charge is 2.00 e. The normalized spacial score (nSPS) is 12.1. The van der Waals surface area contributed by atoms with Crippen molar-refractivity contribution in [3.05, 3.63) is 173 Å². The van der Waals surface area contributed by atoms with Gasteiger partial charge in [0.05, 0.1) is 0 Å². The Morgan fingerprint density at radius 2 is 1.03 bits per heavy atom. The molecule has 0 spiro atoms. The summed E-state index contributed by atoms with van der Waals surface area (Å²) in [4.78, 5) is 0. The molecule has 0 atom stereocenters. The van der Waals surface area contributed by atoms with Crippen LogP contribution >= 0.6 is 0 Å². The van der Waals surface area contributed by atoms with E-state index in [1.807, 2.05) is 60.7 Å². The second-order valence-electron chi connectivity index (χ2n) is 17.3. The van der Waals surface area contributed by atoms with Crippen molar-refractivity contribution in [2.24, 2.45) is 0 Å². The van der Waals surface area contributed by atoms with Gasteiger partial charge in [-0.2, -0.15) is 49.2 Å². The van der Waals surface area contributed by atoms with Gasteiger partial charge in [0.2, 0.25) is 11.4 Å². The Balaban J connectivity index is 0.000000691. The van der Waals surface area contributed by atoms with E-state index in [0.29, 0.717) is 0 Å². The summed E-state index contributed by atoms with van der Waals surface area (Å²) in [7, 11) is -1.19. The molecule has 4 aromatic rings. The molecule has 0 unspecified atom stereocenters. The van der Waals surface area contributed by atoms with Crippen molar-refractivity contribution in [3.8, 4) is 11.8 Å². The molecule has 1 aliphatic heterocycles. The summed E-state index contributed by atoms with van der Waals surface area (Å²) in [5, 5.41) is 0. The maximum Gasteiger partial charge on any atom is 2.00 e. The first-order valence-corrected chi connectivity index (χ1v) is 26.6. The number of nitrogens with zero attached hydrogens (tertiary/aromatic N) is 2. The third-order valence-corrected chi connectivity index (χ3v) is 12.2. The number of rotatable bonds is 20. The fourth-order valence-corrected chi connectivity index (χ4v) is 9.08. The van der Waals surface area contributed by atoms with Crippen molar-refractivity contribution in [1.82, 2.24) is 0 Å². The molecule has 0 bridgehead atoms. The first-order chi connectivity index (χ1) is 28.6. The maximum absolute atomic E-state index is 11.9. The van der Waals surface area contributed by atoms with Crippen LogP contribution in [0.3, 0.4) is 0 Å². The van der Waals surface area contributed by atoms with Crippen LogP contribution in [0.5, 0.6) is 0 Å². The van der Waals surface area contributed by atoms with Gasteiger partial charge in [-0.25, -0.2) is 4.70 Å². The van der Waals surface area contributed by atoms with E-state index in [1.54, 1.807) is 0 Å². The van der Waals surface area contributed by atoms with Gasteiger partial charge in [-0.3, -0.25) is 0 Å². The second kappa shape index (κ2) is 30.1. The van der Waals surface area contributed by atoms with E-state index >= 15 is 0 Å². The Hall–Kier alpha value is -4.03. The SMILES string of the molecule is CCCCCCCCCCCC#CCCCc1ccccc1C1=C(CCCC)C(CC)=C(c2ccc(C[Si](C)(C)C)cc2)[N+]1=[N-].[CH2-]c1ccccc1.[CH2-]c1ccccc1.[Ni+2]. The minimum absolute atomic E-state index is 0. The minimum Gasteiger partial charge on any atom is -0.493 e. The summed E-state index contributed by atoms with van der Waals surface area (Å²) in [6.45, 7) is 21.5. The van der Waals surface area contributed by atoms with Crippen molar-refractivity contribution in [3.63, 3.8) is 0 Å². The van der Waals surface area contributed by atoms with Crippen LogP contribution in [0.2, 0.25) is 19.6 Å². The summed E-state index contributed by atoms with van der Waals surface area (Å²) >= 11 is 0. The Kier molecular flexibility index (Phi) is 26.1. The molecule has 0 saturated carbocycles. The van der Waals surface area contributed by atoms with Crippen LogP contribution in [0.4, 0.5) is 0 Å². The fraction of sp³-hybridized carbons (Fsp3) is 0.429. The van der Waals surface area contributed by atoms with Gasteiger partial charge in [0, 0.05) is 43.2 Å². The van der Waals surface area contributed by atoms with Crippen LogP contribution in [0.25, 0.3) is 16.9 Å². The number of hydrogen-bond acceptors (Lipinski definition) is 0. The van der Waals surface area contributed by atoms with Crippen molar-refractivity contribution in [2.75, 3.05) is 0 Å². The number of benzene rings is 4. The van der Waals surface area contributed by atoms with E-state index < -0.39 is 8.07 Å². The summed E-state index contributed by atoms with van der Waals surface area (Å²) in [6.07, 6.45) is 20.4. The zero-order valence-electron chi connectivity index (χ0n) is 38.2. The molecule has 60 heavy (non-hydrogen) atoms. The van der Waals surface area contributed by atoms with E-state index in [-0.39, 0.29) is 16.5 Å². The molecule has 4 aromatic carbocycles. The molecular formula is C56H76N2NiSi. The molecular weight excluding hydrogens is 787 g/mol. The zero-order chi connectivity index (χ0) is 42.7. The Bertz CT molecular complexity index is 1870. The van der Waals surface area contributed by atoms with Crippen molar-refractivity contribution in [1.29, 1.82) is 0 Å². The third kappa shape index (κ3) is 19.6. The summed E-state index contributed by atoms with van der Waals surface area (Å²) < 4.78 is 1.53. The predicted octanol–water partition coefficient (Wildman–Crippen LogP) is 16.9. The third-order valence-electron chi connectivity index (χ3n) is 10.7. The molecule has 0 aliphatic carbocycles. The van der Waals surface area contributed by atoms with Crippen molar-refractivity contribution in [2.45, 2.75) is 156 Å². The van der Waals surface area contributed by atoms with Crippen LogP contribution in [-0.4, -0.2) is 12.8 Å². The van der Waals surface area contributed by atoms with E-state index in [1.165, 1.54) is 96.4 Å². The quantitative estimate of drug-likeness (QED) is 0.0278. The molecule has 0 N–H and O–H groups in total. The molecule has 2 nitrogen and oxygen atoms in total. The summed E-state index contributed by atoms with van der Waals surface area (Å²) in [6, 6.07) is 38.6. The maximum atomic E-state index is 11.9. The van der Waals surface area contributed by atoms with Crippen LogP contribution in [0.1, 0.15) is 157 Å². The molecule has 1 aliphatic rings. The average molecular weight is 864 g/mol. The van der Waals surface area contributed by atoms with Gasteiger partial charge in [0.25, 0.3) is 0 Å². The Morgan fingerprint density at radius 3 is 1.53 bits per heavy atom. The smallest absolute Gasteiger partial charge is 0.493 e. The van der Waals surface area contributed by atoms with Crippen LogP contribution < -0.4 is 0 Å². The minimum atomic E-state index is -1.19. The van der Waals surface area contributed by atoms with Crippen LogP contribution in [-0.2, 0) is 29.0 Å². The first kappa shape index (κ1) is 52.1. The number of allylic oxidation sites excluding steroid dienone is 2. The average Bonchev–Trinajstić information content (AvgIpc) is 3.51. The molecule has 0 saturated heterocycles. The Morgan fingerprint density at radius 1 is 0.533 bits per heavy atom. The Labute approximate surface area is 379 Å². The number of unbranched alkanes of at least 4 members (excludes halogenated alkanes) is 11. The second-order valence-corrected chi connectivity index (χ2v) is 22.7. The van der Waals surface area contributed by atoms with E-state index in [9.17, 15) is 5.53 Å². The van der Waals surface area contributed by atoms with E-state index in [0.717, 1.165) is 79.5 Å². The number of hydrogen-bond donors (Lipinski definition) is 0. The first-order valence-electron chi connectivity index (χ1n) is 22.9. The molecule has 0 radical (unpaired) electrons. The van der Waals surface area contributed by atoms with Gasteiger partial charge in [-0.1, -0.05) is 146 Å². The molecule has 0 fully saturated rings. The van der Waals surface area contributed by atoms with Gasteiger partial charge in [-0.05, 0) is 68.3 Å². The molecule has 4 heteroatoms. The fourth-order valence-electron chi connectivity index (χ4n) is 7.62. The van der Waals surface area contributed by atoms with Crippen LogP contribution in [0, 0.1) is 25.7 Å².